The Morgan fingerprint density at radius 3 is 2.25 bits per heavy atom. The highest BCUT2D eigenvalue weighted by Gasteiger charge is 2.50. The lowest BCUT2D eigenvalue weighted by atomic mass is 9.82. The second kappa shape index (κ2) is 4.30. The summed E-state index contributed by atoms with van der Waals surface area (Å²) in [6, 6.07) is 0. The minimum absolute atomic E-state index is 0.379. The van der Waals surface area contributed by atoms with Crippen molar-refractivity contribution in [2.45, 2.75) is 64.5 Å². The summed E-state index contributed by atoms with van der Waals surface area (Å²) in [7, 11) is 0. The molecule has 0 aromatic rings. The van der Waals surface area contributed by atoms with Gasteiger partial charge in [-0.15, -0.1) is 0 Å². The predicted octanol–water partition coefficient (Wildman–Crippen LogP) is 2.64. The van der Waals surface area contributed by atoms with E-state index in [9.17, 15) is 0 Å². The lowest BCUT2D eigenvalue weighted by Crippen LogP contribution is -2.69. The molecule has 2 fully saturated rings. The number of rotatable bonds is 4. The maximum Gasteiger partial charge on any atom is 0.0334 e. The number of nitrogens with one attached hydrogen (secondary N) is 1. The zero-order chi connectivity index (χ0) is 11.8. The summed E-state index contributed by atoms with van der Waals surface area (Å²) in [6.07, 6.45) is 5.39. The molecule has 1 saturated heterocycles. The quantitative estimate of drug-likeness (QED) is 0.790. The second-order valence-corrected chi connectivity index (χ2v) is 5.99. The van der Waals surface area contributed by atoms with Crippen molar-refractivity contribution >= 4 is 0 Å². The van der Waals surface area contributed by atoms with Crippen LogP contribution in [-0.2, 0) is 0 Å². The molecule has 0 radical (unpaired) electrons. The molecular weight excluding hydrogens is 196 g/mol. The molecule has 0 amide bonds. The van der Waals surface area contributed by atoms with Crippen molar-refractivity contribution in [3.63, 3.8) is 0 Å². The van der Waals surface area contributed by atoms with Gasteiger partial charge >= 0.3 is 0 Å². The monoisotopic (exact) mass is 224 g/mol. The number of piperazine rings is 1. The molecule has 1 aliphatic carbocycles. The molecule has 0 spiro atoms. The van der Waals surface area contributed by atoms with Gasteiger partial charge < -0.3 is 5.32 Å². The van der Waals surface area contributed by atoms with Crippen molar-refractivity contribution in [1.82, 2.24) is 10.2 Å². The smallest absolute Gasteiger partial charge is 0.0334 e. The fraction of sp³-hybridized carbons (Fsp3) is 1.00. The molecule has 1 saturated carbocycles. The Balaban J connectivity index is 2.12. The van der Waals surface area contributed by atoms with Crippen LogP contribution in [0, 0.1) is 5.92 Å². The zero-order valence-electron chi connectivity index (χ0n) is 11.5. The van der Waals surface area contributed by atoms with Crippen molar-refractivity contribution in [3.05, 3.63) is 0 Å². The molecule has 0 bridgehead atoms. The molecule has 0 aromatic carbocycles. The lowest BCUT2D eigenvalue weighted by molar-refractivity contribution is 0.00191. The first-order chi connectivity index (χ1) is 7.60. The highest BCUT2D eigenvalue weighted by Crippen LogP contribution is 2.45. The number of hydrogen-bond acceptors (Lipinski definition) is 2. The Morgan fingerprint density at radius 1 is 1.19 bits per heavy atom. The molecule has 0 aromatic heterocycles. The molecule has 1 unspecified atom stereocenters. The molecular formula is C14H28N2. The maximum absolute atomic E-state index is 3.87. The summed E-state index contributed by atoms with van der Waals surface area (Å²) in [5, 5.41) is 3.87. The Labute approximate surface area is 101 Å². The highest BCUT2D eigenvalue weighted by molar-refractivity contribution is 5.08. The van der Waals surface area contributed by atoms with Gasteiger partial charge in [-0.3, -0.25) is 4.90 Å². The van der Waals surface area contributed by atoms with Crippen molar-refractivity contribution in [3.8, 4) is 0 Å². The summed E-state index contributed by atoms with van der Waals surface area (Å²) < 4.78 is 0. The van der Waals surface area contributed by atoms with Gasteiger partial charge in [-0.25, -0.2) is 0 Å². The predicted molar refractivity (Wildman–Crippen MR) is 69.7 cm³/mol. The standard InChI is InChI=1S/C14H28N2/c1-5-14(6-2)11-16(7-3)13(4,10-15-14)12-8-9-12/h12,15H,5-11H2,1-4H3. The third kappa shape index (κ3) is 1.91. The third-order valence-corrected chi connectivity index (χ3v) is 5.23. The van der Waals surface area contributed by atoms with Gasteiger partial charge in [0.2, 0.25) is 0 Å². The summed E-state index contributed by atoms with van der Waals surface area (Å²) in [4.78, 5) is 2.74. The molecule has 94 valence electrons. The molecule has 2 aliphatic rings. The topological polar surface area (TPSA) is 15.3 Å². The van der Waals surface area contributed by atoms with E-state index < -0.39 is 0 Å². The second-order valence-electron chi connectivity index (χ2n) is 5.99. The van der Waals surface area contributed by atoms with Crippen molar-refractivity contribution in [2.24, 2.45) is 5.92 Å². The van der Waals surface area contributed by atoms with E-state index in [0.717, 1.165) is 5.92 Å². The summed E-state index contributed by atoms with van der Waals surface area (Å²) in [6.45, 7) is 13.1. The molecule has 1 atom stereocenters. The van der Waals surface area contributed by atoms with E-state index >= 15 is 0 Å². The van der Waals surface area contributed by atoms with Gasteiger partial charge in [-0.05, 0) is 45.1 Å². The van der Waals surface area contributed by atoms with E-state index in [1.54, 1.807) is 0 Å². The van der Waals surface area contributed by atoms with Gasteiger partial charge in [-0.1, -0.05) is 20.8 Å². The van der Waals surface area contributed by atoms with Crippen LogP contribution in [0.1, 0.15) is 53.4 Å². The van der Waals surface area contributed by atoms with Crippen molar-refractivity contribution in [2.75, 3.05) is 19.6 Å². The highest BCUT2D eigenvalue weighted by atomic mass is 15.3. The summed E-state index contributed by atoms with van der Waals surface area (Å²) >= 11 is 0. The van der Waals surface area contributed by atoms with Crippen LogP contribution in [0.3, 0.4) is 0 Å². The van der Waals surface area contributed by atoms with E-state index in [-0.39, 0.29) is 0 Å². The molecule has 1 aliphatic heterocycles. The Bertz CT molecular complexity index is 243. The van der Waals surface area contributed by atoms with E-state index in [0.29, 0.717) is 11.1 Å². The Morgan fingerprint density at radius 2 is 1.81 bits per heavy atom. The fourth-order valence-corrected chi connectivity index (χ4v) is 3.38. The SMILES string of the molecule is CCN1CC(CC)(CC)NCC1(C)C1CC1. The first-order valence-electron chi connectivity index (χ1n) is 7.10. The van der Waals surface area contributed by atoms with Crippen LogP contribution < -0.4 is 5.32 Å². The van der Waals surface area contributed by atoms with Crippen LogP contribution in [0.15, 0.2) is 0 Å². The van der Waals surface area contributed by atoms with Gasteiger partial charge in [0.1, 0.15) is 0 Å². The van der Waals surface area contributed by atoms with E-state index in [4.69, 9.17) is 0 Å². The molecule has 1 heterocycles. The van der Waals surface area contributed by atoms with Gasteiger partial charge in [0.05, 0.1) is 0 Å². The first-order valence-corrected chi connectivity index (χ1v) is 7.10. The van der Waals surface area contributed by atoms with E-state index in [1.165, 1.54) is 45.3 Å². The van der Waals surface area contributed by atoms with Crippen LogP contribution in [0.4, 0.5) is 0 Å². The van der Waals surface area contributed by atoms with Crippen molar-refractivity contribution < 1.29 is 0 Å². The van der Waals surface area contributed by atoms with E-state index in [1.807, 2.05) is 0 Å². The van der Waals surface area contributed by atoms with Gasteiger partial charge in [-0.2, -0.15) is 0 Å². The van der Waals surface area contributed by atoms with E-state index in [2.05, 4.69) is 37.9 Å². The summed E-state index contributed by atoms with van der Waals surface area (Å²) in [5.74, 6) is 0.951. The van der Waals surface area contributed by atoms with Gasteiger partial charge in [0.25, 0.3) is 0 Å². The Hall–Kier alpha value is -0.0800. The minimum Gasteiger partial charge on any atom is -0.308 e. The largest absolute Gasteiger partial charge is 0.308 e. The average Bonchev–Trinajstić information content (AvgIpc) is 3.14. The molecule has 2 rings (SSSR count). The third-order valence-electron chi connectivity index (χ3n) is 5.23. The average molecular weight is 224 g/mol. The number of likely N-dealkylation sites (N-methyl/N-ethyl adjacent to an activating group) is 1. The molecule has 2 heteroatoms. The lowest BCUT2D eigenvalue weighted by Gasteiger charge is -2.53. The molecule has 16 heavy (non-hydrogen) atoms. The maximum atomic E-state index is 3.87. The minimum atomic E-state index is 0.379. The molecule has 2 nitrogen and oxygen atoms in total. The van der Waals surface area contributed by atoms with Crippen LogP contribution in [0.25, 0.3) is 0 Å². The van der Waals surface area contributed by atoms with Crippen molar-refractivity contribution in [1.29, 1.82) is 0 Å². The van der Waals surface area contributed by atoms with Crippen LogP contribution in [0.2, 0.25) is 0 Å². The van der Waals surface area contributed by atoms with Gasteiger partial charge in [0, 0.05) is 24.2 Å². The van der Waals surface area contributed by atoms with Crippen LogP contribution in [0.5, 0.6) is 0 Å². The Kier molecular flexibility index (Phi) is 3.33. The fourth-order valence-electron chi connectivity index (χ4n) is 3.38. The van der Waals surface area contributed by atoms with Crippen LogP contribution >= 0.6 is 0 Å². The number of nitrogens with zero attached hydrogens (tertiary/aromatic N) is 1. The normalized spacial score (nSPS) is 35.2. The number of hydrogen-bond donors (Lipinski definition) is 1. The van der Waals surface area contributed by atoms with Gasteiger partial charge in [0.15, 0.2) is 0 Å². The molecule has 1 N–H and O–H groups in total. The summed E-state index contributed by atoms with van der Waals surface area (Å²) in [5.41, 5.74) is 0.812. The zero-order valence-corrected chi connectivity index (χ0v) is 11.5. The first kappa shape index (κ1) is 12.4. The van der Waals surface area contributed by atoms with Crippen LogP contribution in [-0.4, -0.2) is 35.6 Å².